The first-order chi connectivity index (χ1) is 11.2. The molecule has 2 fully saturated rings. The van der Waals surface area contributed by atoms with Crippen LogP contribution in [0, 0.1) is 5.92 Å². The lowest BCUT2D eigenvalue weighted by Crippen LogP contribution is -2.32. The monoisotopic (exact) mass is 332 g/mol. The quantitative estimate of drug-likeness (QED) is 0.536. The average Bonchev–Trinajstić information content (AvgIpc) is 2.79. The highest BCUT2D eigenvalue weighted by Crippen LogP contribution is 2.39. The summed E-state index contributed by atoms with van der Waals surface area (Å²) in [5.41, 5.74) is 2.18. The van der Waals surface area contributed by atoms with Gasteiger partial charge in [0.25, 0.3) is 0 Å². The van der Waals surface area contributed by atoms with Crippen molar-refractivity contribution in [2.45, 2.75) is 75.2 Å². The second-order valence-corrected chi connectivity index (χ2v) is 9.18. The van der Waals surface area contributed by atoms with Crippen LogP contribution < -0.4 is 0 Å². The van der Waals surface area contributed by atoms with Crippen molar-refractivity contribution in [2.24, 2.45) is 5.92 Å². The van der Waals surface area contributed by atoms with E-state index >= 15 is 0 Å². The van der Waals surface area contributed by atoms with Crippen LogP contribution in [0.1, 0.15) is 74.2 Å². The molecule has 2 heterocycles. The Morgan fingerprint density at radius 3 is 2.30 bits per heavy atom. The first kappa shape index (κ1) is 16.9. The van der Waals surface area contributed by atoms with Gasteiger partial charge in [0, 0.05) is 32.8 Å². The molecule has 2 unspecified atom stereocenters. The number of benzene rings is 1. The van der Waals surface area contributed by atoms with Gasteiger partial charge >= 0.3 is 0 Å². The average molecular weight is 333 g/mol. The van der Waals surface area contributed by atoms with Crippen LogP contribution in [0.4, 0.5) is 0 Å². The molecular weight excluding hydrogens is 304 g/mol. The van der Waals surface area contributed by atoms with E-state index in [2.05, 4.69) is 19.1 Å². The van der Waals surface area contributed by atoms with Gasteiger partial charge in [-0.3, -0.25) is 9.00 Å². The molecule has 2 aliphatic rings. The van der Waals surface area contributed by atoms with E-state index in [-0.39, 0.29) is 22.2 Å². The van der Waals surface area contributed by atoms with E-state index < -0.39 is 10.8 Å². The Morgan fingerprint density at radius 1 is 1.04 bits per heavy atom. The van der Waals surface area contributed by atoms with Gasteiger partial charge in [-0.25, -0.2) is 0 Å². The molecule has 0 aliphatic carbocycles. The van der Waals surface area contributed by atoms with Gasteiger partial charge < -0.3 is 0 Å². The third-order valence-corrected chi connectivity index (χ3v) is 7.66. The molecule has 2 saturated heterocycles. The molecule has 2 nitrogen and oxygen atoms in total. The number of carbonyl (C=O) groups excluding carboxylic acids is 1. The molecule has 0 saturated carbocycles. The topological polar surface area (TPSA) is 34.1 Å². The van der Waals surface area contributed by atoms with Crippen LogP contribution in [0.3, 0.4) is 0 Å². The number of ketones is 1. The number of rotatable bonds is 7. The lowest BCUT2D eigenvalue weighted by molar-refractivity contribution is 0.0906. The second-order valence-electron chi connectivity index (χ2n) is 7.19. The standard InChI is InChI=1S/C20H28O2S/c1-2-3-4-5-6-15-7-9-16(10-8-15)20(21)17-13-18-11-12-19(14-17)23(18)22/h7-10,17-19H,2-6,11-14H2,1H3. The van der Waals surface area contributed by atoms with Gasteiger partial charge in [-0.15, -0.1) is 0 Å². The zero-order chi connectivity index (χ0) is 16.2. The van der Waals surface area contributed by atoms with E-state index in [4.69, 9.17) is 0 Å². The molecule has 0 N–H and O–H groups in total. The number of hydrogen-bond donors (Lipinski definition) is 0. The highest BCUT2D eigenvalue weighted by atomic mass is 32.2. The molecule has 2 bridgehead atoms. The maximum absolute atomic E-state index is 12.7. The Hall–Kier alpha value is -0.960. The fraction of sp³-hybridized carbons (Fsp3) is 0.650. The van der Waals surface area contributed by atoms with Gasteiger partial charge in [0.15, 0.2) is 5.78 Å². The maximum Gasteiger partial charge on any atom is 0.166 e. The molecule has 2 aliphatic heterocycles. The number of hydrogen-bond acceptors (Lipinski definition) is 2. The van der Waals surface area contributed by atoms with Crippen molar-refractivity contribution in [2.75, 3.05) is 0 Å². The molecule has 23 heavy (non-hydrogen) atoms. The Bertz CT molecular complexity index is 548. The lowest BCUT2D eigenvalue weighted by Gasteiger charge is -2.26. The summed E-state index contributed by atoms with van der Waals surface area (Å²) in [4.78, 5) is 12.7. The van der Waals surface area contributed by atoms with E-state index in [1.165, 1.54) is 31.2 Å². The molecule has 0 spiro atoms. The van der Waals surface area contributed by atoms with Crippen LogP contribution in [0.15, 0.2) is 24.3 Å². The minimum Gasteiger partial charge on any atom is -0.294 e. The molecule has 0 radical (unpaired) electrons. The van der Waals surface area contributed by atoms with Gasteiger partial charge in [0.1, 0.15) is 0 Å². The Balaban J connectivity index is 1.57. The highest BCUT2D eigenvalue weighted by Gasteiger charge is 2.42. The molecule has 126 valence electrons. The first-order valence-corrected chi connectivity index (χ1v) is 10.5. The maximum atomic E-state index is 12.7. The van der Waals surface area contributed by atoms with Crippen LogP contribution in [0.5, 0.6) is 0 Å². The highest BCUT2D eigenvalue weighted by molar-refractivity contribution is 7.86. The summed E-state index contributed by atoms with van der Waals surface area (Å²) >= 11 is 0. The summed E-state index contributed by atoms with van der Waals surface area (Å²) in [5.74, 6) is 0.372. The van der Waals surface area contributed by atoms with Crippen molar-refractivity contribution in [1.29, 1.82) is 0 Å². The molecule has 3 heteroatoms. The molecule has 3 rings (SSSR count). The molecule has 1 aromatic carbocycles. The third kappa shape index (κ3) is 3.93. The fourth-order valence-electron chi connectivity index (χ4n) is 4.07. The number of fused-ring (bicyclic) bond motifs is 2. The smallest absolute Gasteiger partial charge is 0.166 e. The Labute approximate surface area is 142 Å². The predicted molar refractivity (Wildman–Crippen MR) is 96.3 cm³/mol. The molecule has 1 aromatic rings. The van der Waals surface area contributed by atoms with Crippen molar-refractivity contribution in [3.05, 3.63) is 35.4 Å². The first-order valence-electron chi connectivity index (χ1n) is 9.21. The van der Waals surface area contributed by atoms with Crippen molar-refractivity contribution in [3.8, 4) is 0 Å². The van der Waals surface area contributed by atoms with Crippen LogP contribution in [0.2, 0.25) is 0 Å². The summed E-state index contributed by atoms with van der Waals surface area (Å²) in [6.45, 7) is 2.23. The molecule has 0 aromatic heterocycles. The van der Waals surface area contributed by atoms with E-state index in [0.29, 0.717) is 0 Å². The van der Waals surface area contributed by atoms with E-state index in [1.54, 1.807) is 0 Å². The zero-order valence-electron chi connectivity index (χ0n) is 14.1. The van der Waals surface area contributed by atoms with Gasteiger partial charge in [-0.2, -0.15) is 0 Å². The van der Waals surface area contributed by atoms with Crippen molar-refractivity contribution >= 4 is 16.6 Å². The largest absolute Gasteiger partial charge is 0.294 e. The molecular formula is C20H28O2S. The molecule has 0 amide bonds. The second kappa shape index (κ2) is 7.74. The zero-order valence-corrected chi connectivity index (χ0v) is 14.9. The summed E-state index contributed by atoms with van der Waals surface area (Å²) in [6, 6.07) is 8.25. The van der Waals surface area contributed by atoms with Crippen LogP contribution in [0.25, 0.3) is 0 Å². The number of unbranched alkanes of at least 4 members (excludes halogenated alkanes) is 3. The van der Waals surface area contributed by atoms with E-state index in [1.807, 2.05) is 12.1 Å². The van der Waals surface area contributed by atoms with Gasteiger partial charge in [-0.05, 0) is 44.1 Å². The van der Waals surface area contributed by atoms with Crippen LogP contribution in [-0.4, -0.2) is 20.5 Å². The summed E-state index contributed by atoms with van der Waals surface area (Å²) < 4.78 is 12.1. The van der Waals surface area contributed by atoms with Gasteiger partial charge in [0.2, 0.25) is 0 Å². The minimum atomic E-state index is -0.674. The number of aryl methyl sites for hydroxylation is 1. The predicted octanol–water partition coefficient (Wildman–Crippen LogP) is 4.68. The Morgan fingerprint density at radius 2 is 1.70 bits per heavy atom. The Kier molecular flexibility index (Phi) is 5.68. The summed E-state index contributed by atoms with van der Waals surface area (Å²) in [7, 11) is -0.674. The van der Waals surface area contributed by atoms with Gasteiger partial charge in [0.05, 0.1) is 0 Å². The minimum absolute atomic E-state index is 0.0978. The fourth-order valence-corrected chi connectivity index (χ4v) is 6.20. The van der Waals surface area contributed by atoms with Crippen LogP contribution in [-0.2, 0) is 17.2 Å². The van der Waals surface area contributed by atoms with Gasteiger partial charge in [-0.1, -0.05) is 50.5 Å². The summed E-state index contributed by atoms with van der Waals surface area (Å²) in [6.07, 6.45) is 9.99. The van der Waals surface area contributed by atoms with Crippen molar-refractivity contribution in [1.82, 2.24) is 0 Å². The normalized spacial score (nSPS) is 29.6. The summed E-state index contributed by atoms with van der Waals surface area (Å²) in [5, 5.41) is 0.557. The third-order valence-electron chi connectivity index (χ3n) is 5.49. The lowest BCUT2D eigenvalue weighted by atomic mass is 9.90. The van der Waals surface area contributed by atoms with Crippen LogP contribution >= 0.6 is 0 Å². The number of carbonyl (C=O) groups is 1. The van der Waals surface area contributed by atoms with Crippen molar-refractivity contribution < 1.29 is 9.00 Å². The van der Waals surface area contributed by atoms with E-state index in [9.17, 15) is 9.00 Å². The number of Topliss-reactive ketones (excluding diaryl/α,β-unsaturated/α-hetero) is 1. The van der Waals surface area contributed by atoms with Crippen molar-refractivity contribution in [3.63, 3.8) is 0 Å². The van der Waals surface area contributed by atoms with E-state index in [0.717, 1.165) is 37.7 Å². The SMILES string of the molecule is CCCCCCc1ccc(C(=O)C2CC3CCC(C2)S3=O)cc1. The molecule has 2 atom stereocenters.